The highest BCUT2D eigenvalue weighted by molar-refractivity contribution is 5.85. The van der Waals surface area contributed by atoms with Gasteiger partial charge in [-0.05, 0) is 18.4 Å². The number of nitrogens with two attached hydrogens (primary N) is 1. The smallest absolute Gasteiger partial charge is 0.254 e. The van der Waals surface area contributed by atoms with E-state index in [9.17, 15) is 9.90 Å². The Morgan fingerprint density at radius 1 is 1.31 bits per heavy atom. The van der Waals surface area contributed by atoms with Crippen LogP contribution in [0.25, 0.3) is 0 Å². The number of aliphatic hydroxyl groups is 1. The number of amides is 1. The molecule has 1 atom stereocenters. The van der Waals surface area contributed by atoms with Crippen LogP contribution in [0.2, 0.25) is 0 Å². The zero-order valence-corrected chi connectivity index (χ0v) is 9.81. The molecule has 0 aliphatic carbocycles. The summed E-state index contributed by atoms with van der Waals surface area (Å²) >= 11 is 0. The molecule has 0 aliphatic rings. The first-order chi connectivity index (χ1) is 7.57. The van der Waals surface area contributed by atoms with Crippen LogP contribution < -0.4 is 5.73 Å². The molecule has 0 aromatic heterocycles. The number of primary amides is 1. The van der Waals surface area contributed by atoms with Gasteiger partial charge in [-0.3, -0.25) is 4.79 Å². The second kappa shape index (κ2) is 5.12. The summed E-state index contributed by atoms with van der Waals surface area (Å²) in [6.07, 6.45) is 1.43. The number of carbonyl (C=O) groups excluding carboxylic acids is 1. The first-order valence-corrected chi connectivity index (χ1v) is 5.65. The maximum absolute atomic E-state index is 11.6. The van der Waals surface area contributed by atoms with Gasteiger partial charge in [-0.25, -0.2) is 0 Å². The lowest BCUT2D eigenvalue weighted by Crippen LogP contribution is -2.47. The molecule has 0 radical (unpaired) electrons. The Morgan fingerprint density at radius 2 is 1.81 bits per heavy atom. The van der Waals surface area contributed by atoms with E-state index in [0.717, 1.165) is 0 Å². The summed E-state index contributed by atoms with van der Waals surface area (Å²) in [4.78, 5) is 11.6. The van der Waals surface area contributed by atoms with Gasteiger partial charge in [0.2, 0.25) is 0 Å². The van der Waals surface area contributed by atoms with Crippen molar-refractivity contribution in [3.8, 4) is 0 Å². The van der Waals surface area contributed by atoms with Crippen LogP contribution in [0, 0.1) is 5.92 Å². The monoisotopic (exact) mass is 221 g/mol. The Labute approximate surface area is 96.3 Å². The molecule has 1 amide bonds. The summed E-state index contributed by atoms with van der Waals surface area (Å²) in [7, 11) is 0. The third kappa shape index (κ3) is 2.09. The van der Waals surface area contributed by atoms with E-state index in [1.165, 1.54) is 0 Å². The third-order valence-electron chi connectivity index (χ3n) is 3.17. The summed E-state index contributed by atoms with van der Waals surface area (Å²) in [5.41, 5.74) is 4.40. The minimum absolute atomic E-state index is 0.146. The van der Waals surface area contributed by atoms with Crippen molar-refractivity contribution < 1.29 is 9.90 Å². The summed E-state index contributed by atoms with van der Waals surface area (Å²) < 4.78 is 0. The lowest BCUT2D eigenvalue weighted by atomic mass is 9.78. The molecular formula is C13H19NO2. The average Bonchev–Trinajstić information content (AvgIpc) is 2.31. The zero-order valence-electron chi connectivity index (χ0n) is 9.81. The topological polar surface area (TPSA) is 63.3 Å². The highest BCUT2D eigenvalue weighted by atomic mass is 16.3. The van der Waals surface area contributed by atoms with Gasteiger partial charge in [-0.2, -0.15) is 0 Å². The van der Waals surface area contributed by atoms with Crippen molar-refractivity contribution >= 4 is 5.91 Å². The highest BCUT2D eigenvalue weighted by Crippen LogP contribution is 2.33. The van der Waals surface area contributed by atoms with Crippen molar-refractivity contribution in [2.45, 2.75) is 32.3 Å². The molecule has 88 valence electrons. The van der Waals surface area contributed by atoms with Crippen LogP contribution in [0.3, 0.4) is 0 Å². The van der Waals surface area contributed by atoms with E-state index in [0.29, 0.717) is 18.4 Å². The van der Waals surface area contributed by atoms with E-state index in [1.807, 2.05) is 19.9 Å². The molecule has 1 aromatic rings. The molecule has 3 nitrogen and oxygen atoms in total. The zero-order chi connectivity index (χ0) is 12.2. The van der Waals surface area contributed by atoms with Crippen LogP contribution in [-0.4, -0.2) is 11.0 Å². The van der Waals surface area contributed by atoms with Crippen LogP contribution in [0.4, 0.5) is 0 Å². The van der Waals surface area contributed by atoms with E-state index in [-0.39, 0.29) is 5.92 Å². The average molecular weight is 221 g/mol. The Kier molecular flexibility index (Phi) is 4.07. The van der Waals surface area contributed by atoms with E-state index >= 15 is 0 Å². The Bertz CT molecular complexity index is 346. The van der Waals surface area contributed by atoms with Crippen LogP contribution >= 0.6 is 0 Å². The molecule has 3 N–H and O–H groups in total. The van der Waals surface area contributed by atoms with Crippen molar-refractivity contribution in [1.82, 2.24) is 0 Å². The van der Waals surface area contributed by atoms with Gasteiger partial charge >= 0.3 is 0 Å². The largest absolute Gasteiger partial charge is 0.375 e. The molecular weight excluding hydrogens is 202 g/mol. The van der Waals surface area contributed by atoms with Crippen molar-refractivity contribution in [2.75, 3.05) is 0 Å². The summed E-state index contributed by atoms with van der Waals surface area (Å²) in [5.74, 6) is -0.820. The molecule has 1 aromatic carbocycles. The van der Waals surface area contributed by atoms with E-state index in [1.54, 1.807) is 24.3 Å². The minimum atomic E-state index is -1.55. The predicted octanol–water partition coefficient (Wildman–Crippen LogP) is 1.80. The molecule has 16 heavy (non-hydrogen) atoms. The Morgan fingerprint density at radius 3 is 2.19 bits per heavy atom. The third-order valence-corrected chi connectivity index (χ3v) is 3.17. The van der Waals surface area contributed by atoms with Gasteiger partial charge in [0.15, 0.2) is 5.60 Å². The first kappa shape index (κ1) is 12.7. The number of rotatable bonds is 5. The predicted molar refractivity (Wildman–Crippen MR) is 63.6 cm³/mol. The van der Waals surface area contributed by atoms with Crippen molar-refractivity contribution in [3.63, 3.8) is 0 Å². The van der Waals surface area contributed by atoms with Gasteiger partial charge in [0.1, 0.15) is 0 Å². The minimum Gasteiger partial charge on any atom is -0.375 e. The van der Waals surface area contributed by atoms with Gasteiger partial charge in [-0.15, -0.1) is 0 Å². The number of benzene rings is 1. The summed E-state index contributed by atoms with van der Waals surface area (Å²) in [6.45, 7) is 3.90. The second-order valence-electron chi connectivity index (χ2n) is 4.01. The quantitative estimate of drug-likeness (QED) is 0.796. The lowest BCUT2D eigenvalue weighted by molar-refractivity contribution is -0.144. The van der Waals surface area contributed by atoms with Crippen molar-refractivity contribution in [2.24, 2.45) is 11.7 Å². The van der Waals surface area contributed by atoms with E-state index in [4.69, 9.17) is 5.73 Å². The summed E-state index contributed by atoms with van der Waals surface area (Å²) in [5, 5.41) is 10.5. The lowest BCUT2D eigenvalue weighted by Gasteiger charge is -2.32. The molecule has 0 spiro atoms. The van der Waals surface area contributed by atoms with Crippen LogP contribution in [-0.2, 0) is 10.4 Å². The van der Waals surface area contributed by atoms with Gasteiger partial charge < -0.3 is 10.8 Å². The fourth-order valence-corrected chi connectivity index (χ4v) is 2.15. The normalized spacial score (nSPS) is 14.8. The van der Waals surface area contributed by atoms with Crippen LogP contribution in [0.5, 0.6) is 0 Å². The van der Waals surface area contributed by atoms with Crippen LogP contribution in [0.15, 0.2) is 30.3 Å². The fraction of sp³-hybridized carbons (Fsp3) is 0.462. The molecule has 0 heterocycles. The molecule has 0 saturated carbocycles. The van der Waals surface area contributed by atoms with Gasteiger partial charge in [0.05, 0.1) is 0 Å². The molecule has 3 heteroatoms. The second-order valence-corrected chi connectivity index (χ2v) is 4.01. The number of carbonyl (C=O) groups is 1. The molecule has 0 fully saturated rings. The van der Waals surface area contributed by atoms with Gasteiger partial charge in [0.25, 0.3) is 5.91 Å². The van der Waals surface area contributed by atoms with Crippen molar-refractivity contribution in [1.29, 1.82) is 0 Å². The fourth-order valence-electron chi connectivity index (χ4n) is 2.15. The molecule has 0 saturated heterocycles. The molecule has 0 aliphatic heterocycles. The highest BCUT2D eigenvalue weighted by Gasteiger charge is 2.42. The van der Waals surface area contributed by atoms with E-state index in [2.05, 4.69) is 0 Å². The standard InChI is InChI=1S/C13H19NO2/c1-3-10(4-2)13(16,12(14)15)11-8-6-5-7-9-11/h5-10,16H,3-4H2,1-2H3,(H2,14,15). The SMILES string of the molecule is CCC(CC)C(O)(C(N)=O)c1ccccc1. The Hall–Kier alpha value is -1.35. The van der Waals surface area contributed by atoms with E-state index < -0.39 is 11.5 Å². The molecule has 0 bridgehead atoms. The maximum Gasteiger partial charge on any atom is 0.254 e. The molecule has 1 rings (SSSR count). The van der Waals surface area contributed by atoms with Crippen molar-refractivity contribution in [3.05, 3.63) is 35.9 Å². The van der Waals surface area contributed by atoms with Gasteiger partial charge in [0, 0.05) is 5.92 Å². The first-order valence-electron chi connectivity index (χ1n) is 5.65. The number of hydrogen-bond donors (Lipinski definition) is 2. The maximum atomic E-state index is 11.6. The number of hydrogen-bond acceptors (Lipinski definition) is 2. The van der Waals surface area contributed by atoms with Crippen LogP contribution in [0.1, 0.15) is 32.3 Å². The van der Waals surface area contributed by atoms with Gasteiger partial charge in [-0.1, -0.05) is 44.2 Å². The summed E-state index contributed by atoms with van der Waals surface area (Å²) in [6, 6.07) is 8.92. The molecule has 1 unspecified atom stereocenters. The Balaban J connectivity index is 3.21.